The van der Waals surface area contributed by atoms with Crippen LogP contribution in [0.3, 0.4) is 0 Å². The summed E-state index contributed by atoms with van der Waals surface area (Å²) in [5.74, 6) is 0. The van der Waals surface area contributed by atoms with Gasteiger partial charge in [0.2, 0.25) is 0 Å². The van der Waals surface area contributed by atoms with Crippen molar-refractivity contribution in [3.8, 4) is 0 Å². The summed E-state index contributed by atoms with van der Waals surface area (Å²) in [6, 6.07) is 0. The maximum Gasteiger partial charge on any atom is 2.00 e. The monoisotopic (exact) mass is 460 g/mol. The first-order valence-corrected chi connectivity index (χ1v) is 1.30. The standard InChI is InChI=1S/2CH2O3.8Ca.16H/c2*2-1(3)4;;;;;;;;;;;;;;;;;;;;;;;;/h2*(H2,2,3,4);;;;;;;;;;;;;;;;;;;;;;;;/q;;8*+2;16*-1. The Morgan fingerprint density at radius 2 is 0.500 bits per heavy atom. The second-order valence-corrected chi connectivity index (χ2v) is 0.565. The fourth-order valence-corrected chi connectivity index (χ4v) is 0. The Morgan fingerprint density at radius 3 is 0.500 bits per heavy atom. The van der Waals surface area contributed by atoms with E-state index in [1.165, 1.54) is 0 Å². The van der Waals surface area contributed by atoms with E-state index in [1.54, 1.807) is 0 Å². The van der Waals surface area contributed by atoms with Gasteiger partial charge in [0.15, 0.2) is 0 Å². The first-order chi connectivity index (χ1) is 3.46. The average molecular weight is 461 g/mol. The second-order valence-electron chi connectivity index (χ2n) is 0.565. The van der Waals surface area contributed by atoms with E-state index in [2.05, 4.69) is 0 Å². The largest absolute Gasteiger partial charge is 2.00 e. The van der Waals surface area contributed by atoms with Crippen LogP contribution in [-0.2, 0) is 0 Å². The number of rotatable bonds is 0. The Hall–Kier alpha value is 8.62. The van der Waals surface area contributed by atoms with E-state index < -0.39 is 12.3 Å². The molecule has 16 heavy (non-hydrogen) atoms. The molecule has 0 saturated heterocycles. The van der Waals surface area contributed by atoms with Crippen molar-refractivity contribution in [3.05, 3.63) is 0 Å². The van der Waals surface area contributed by atoms with Gasteiger partial charge in [0.1, 0.15) is 0 Å². The van der Waals surface area contributed by atoms with Crippen molar-refractivity contribution in [3.63, 3.8) is 0 Å². The van der Waals surface area contributed by atoms with E-state index in [-0.39, 0.29) is 325 Å². The van der Waals surface area contributed by atoms with Crippen molar-refractivity contribution in [2.75, 3.05) is 0 Å². The fraction of sp³-hybridized carbons (Fsp3) is 0. The molecule has 0 bridgehead atoms. The molecule has 0 fully saturated rings. The molecule has 0 saturated carbocycles. The summed E-state index contributed by atoms with van der Waals surface area (Å²) in [5, 5.41) is 27.9. The number of hydrogen-bond donors (Lipinski definition) is 4. The van der Waals surface area contributed by atoms with Crippen molar-refractivity contribution in [2.24, 2.45) is 0 Å². The van der Waals surface area contributed by atoms with E-state index in [0.717, 1.165) is 0 Å². The van der Waals surface area contributed by atoms with Crippen LogP contribution in [0.5, 0.6) is 0 Å². The number of carboxylic acid groups (broad SMARTS) is 4. The summed E-state index contributed by atoms with van der Waals surface area (Å²) in [7, 11) is 0. The van der Waals surface area contributed by atoms with Gasteiger partial charge in [-0.3, -0.25) is 0 Å². The molecular weight excluding hydrogens is 441 g/mol. The first-order valence-electron chi connectivity index (χ1n) is 1.30. The Balaban J connectivity index is -0.000000000536. The summed E-state index contributed by atoms with van der Waals surface area (Å²) >= 11 is 0. The minimum Gasteiger partial charge on any atom is -1.00 e. The molecule has 0 aromatic rings. The molecule has 0 aromatic heterocycles. The van der Waals surface area contributed by atoms with Crippen LogP contribution in [-0.4, -0.2) is 335 Å². The molecule has 4 N–H and O–H groups in total. The molecule has 0 atom stereocenters. The van der Waals surface area contributed by atoms with E-state index in [1.807, 2.05) is 0 Å². The van der Waals surface area contributed by atoms with Gasteiger partial charge in [0.25, 0.3) is 0 Å². The average Bonchev–Trinajstić information content (AvgIpc) is 1.25. The molecule has 0 unspecified atom stereocenters. The molecule has 0 radical (unpaired) electrons. The third-order valence-corrected chi connectivity index (χ3v) is 0. The van der Waals surface area contributed by atoms with Crippen LogP contribution in [0.2, 0.25) is 0 Å². The molecule has 0 rings (SSSR count). The second kappa shape index (κ2) is 56.5. The molecule has 0 aliphatic heterocycles. The van der Waals surface area contributed by atoms with Crippen LogP contribution in [0.4, 0.5) is 9.59 Å². The summed E-state index contributed by atoms with van der Waals surface area (Å²) in [6.45, 7) is 0. The maximum absolute atomic E-state index is 8.56. The molecule has 6 nitrogen and oxygen atoms in total. The molecule has 14 heteroatoms. The predicted molar refractivity (Wildman–Crippen MR) is 85.1 cm³/mol. The van der Waals surface area contributed by atoms with Crippen molar-refractivity contribution in [1.82, 2.24) is 0 Å². The molecule has 0 aromatic carbocycles. The number of carbonyl (C=O) groups is 2. The number of hydrogen-bond acceptors (Lipinski definition) is 2. The van der Waals surface area contributed by atoms with Gasteiger partial charge in [-0.05, 0) is 0 Å². The SMILES string of the molecule is O=C(O)O.O=C(O)O.[Ca+2].[Ca+2].[Ca+2].[Ca+2].[Ca+2].[Ca+2].[Ca+2].[Ca+2].[H-].[H-].[H-].[H-].[H-].[H-].[H-].[H-].[H-].[H-].[H-].[H-].[H-].[H-].[H-].[H-]. The molecule has 0 aliphatic rings. The Labute approximate surface area is 356 Å². The van der Waals surface area contributed by atoms with Crippen LogP contribution in [0.1, 0.15) is 22.8 Å². The molecule has 0 spiro atoms. The van der Waals surface area contributed by atoms with Gasteiger partial charge in [-0.2, -0.15) is 0 Å². The third-order valence-electron chi connectivity index (χ3n) is 0. The Bertz CT molecular complexity index is 113. The van der Waals surface area contributed by atoms with Gasteiger partial charge in [0, 0.05) is 0 Å². The summed E-state index contributed by atoms with van der Waals surface area (Å²) in [6.07, 6.45) is -3.67. The third kappa shape index (κ3) is 142. The van der Waals surface area contributed by atoms with Gasteiger partial charge in [-0.25, -0.2) is 9.59 Å². The summed E-state index contributed by atoms with van der Waals surface area (Å²) < 4.78 is 0. The van der Waals surface area contributed by atoms with Crippen LogP contribution < -0.4 is 0 Å². The minimum absolute atomic E-state index is 0. The fourth-order valence-electron chi connectivity index (χ4n) is 0. The smallest absolute Gasteiger partial charge is 1.00 e. The van der Waals surface area contributed by atoms with Crippen LogP contribution in [0.15, 0.2) is 0 Å². The quantitative estimate of drug-likeness (QED) is 0.352. The van der Waals surface area contributed by atoms with Crippen LogP contribution >= 0.6 is 0 Å². The van der Waals surface area contributed by atoms with Gasteiger partial charge in [0.05, 0.1) is 0 Å². The molecule has 0 amide bonds. The van der Waals surface area contributed by atoms with Crippen molar-refractivity contribution < 1.29 is 52.8 Å². The van der Waals surface area contributed by atoms with Gasteiger partial charge in [-0.15, -0.1) is 0 Å². The first kappa shape index (κ1) is 64.3. The summed E-state index contributed by atoms with van der Waals surface area (Å²) in [4.78, 5) is 17.1. The van der Waals surface area contributed by atoms with Gasteiger partial charge < -0.3 is 43.3 Å². The van der Waals surface area contributed by atoms with Crippen LogP contribution in [0, 0.1) is 0 Å². The Kier molecular flexibility index (Phi) is 227. The summed E-state index contributed by atoms with van der Waals surface area (Å²) in [5.41, 5.74) is 0. The van der Waals surface area contributed by atoms with E-state index >= 15 is 0 Å². The maximum atomic E-state index is 8.56. The molecular formula is C2H20Ca8O6. The zero-order chi connectivity index (χ0) is 7.15. The van der Waals surface area contributed by atoms with Crippen molar-refractivity contribution in [2.45, 2.75) is 0 Å². The van der Waals surface area contributed by atoms with Gasteiger partial charge in [-0.1, -0.05) is 0 Å². The van der Waals surface area contributed by atoms with Crippen molar-refractivity contribution in [1.29, 1.82) is 0 Å². The zero-order valence-corrected chi connectivity index (χ0v) is 26.9. The van der Waals surface area contributed by atoms with Crippen LogP contribution in [0.25, 0.3) is 0 Å². The van der Waals surface area contributed by atoms with E-state index in [4.69, 9.17) is 30.0 Å². The molecule has 0 heterocycles. The Morgan fingerprint density at radius 1 is 0.500 bits per heavy atom. The minimum atomic E-state index is -1.83. The molecule has 80 valence electrons. The topological polar surface area (TPSA) is 115 Å². The predicted octanol–water partition coefficient (Wildman–Crippen LogP) is -0.802. The molecule has 0 aliphatic carbocycles. The van der Waals surface area contributed by atoms with E-state index in [9.17, 15) is 0 Å². The zero-order valence-electron chi connectivity index (χ0n) is 25.3. The van der Waals surface area contributed by atoms with E-state index in [0.29, 0.717) is 0 Å². The van der Waals surface area contributed by atoms with Crippen molar-refractivity contribution >= 4 is 314 Å². The van der Waals surface area contributed by atoms with Gasteiger partial charge >= 0.3 is 314 Å². The normalized spacial score (nSPS) is 3.00.